The molecule has 2 aliphatic rings. The molecule has 4 nitrogen and oxygen atoms in total. The van der Waals surface area contributed by atoms with Crippen LogP contribution in [0, 0.1) is 12.8 Å². The van der Waals surface area contributed by atoms with Gasteiger partial charge < -0.3 is 14.6 Å². The standard InChI is InChI=1S/C15H17BrO4/c1-8-11(16)7-12-15(20-5-4-19-12)14(8)10(6-13(17)18)9-2-3-9/h7,9-10H,2-6H2,1H3,(H,17,18). The van der Waals surface area contributed by atoms with Crippen molar-refractivity contribution in [1.82, 2.24) is 0 Å². The van der Waals surface area contributed by atoms with E-state index in [1.54, 1.807) is 0 Å². The van der Waals surface area contributed by atoms with E-state index in [1.165, 1.54) is 0 Å². The number of hydrogen-bond donors (Lipinski definition) is 1. The second kappa shape index (κ2) is 5.28. The fourth-order valence-corrected chi connectivity index (χ4v) is 3.33. The van der Waals surface area contributed by atoms with E-state index >= 15 is 0 Å². The summed E-state index contributed by atoms with van der Waals surface area (Å²) < 4.78 is 12.4. The van der Waals surface area contributed by atoms with Crippen LogP contribution in [0.3, 0.4) is 0 Å². The molecule has 1 atom stereocenters. The number of fused-ring (bicyclic) bond motifs is 1. The van der Waals surface area contributed by atoms with Crippen LogP contribution in [0.5, 0.6) is 11.5 Å². The van der Waals surface area contributed by atoms with Crippen molar-refractivity contribution < 1.29 is 19.4 Å². The average molecular weight is 341 g/mol. The zero-order valence-electron chi connectivity index (χ0n) is 11.3. The molecule has 1 fully saturated rings. The fourth-order valence-electron chi connectivity index (χ4n) is 2.91. The molecule has 108 valence electrons. The van der Waals surface area contributed by atoms with Crippen molar-refractivity contribution in [3.63, 3.8) is 0 Å². The van der Waals surface area contributed by atoms with Crippen LogP contribution in [0.2, 0.25) is 0 Å². The summed E-state index contributed by atoms with van der Waals surface area (Å²) >= 11 is 3.55. The number of aliphatic carboxylic acids is 1. The Morgan fingerprint density at radius 1 is 1.45 bits per heavy atom. The molecule has 1 saturated carbocycles. The number of hydrogen-bond acceptors (Lipinski definition) is 3. The molecule has 1 heterocycles. The summed E-state index contributed by atoms with van der Waals surface area (Å²) in [5.74, 6) is 1.18. The van der Waals surface area contributed by atoms with E-state index in [2.05, 4.69) is 15.9 Å². The van der Waals surface area contributed by atoms with E-state index in [0.717, 1.165) is 39.9 Å². The van der Waals surface area contributed by atoms with Crippen molar-refractivity contribution in [2.24, 2.45) is 5.92 Å². The van der Waals surface area contributed by atoms with Gasteiger partial charge in [-0.15, -0.1) is 0 Å². The highest BCUT2D eigenvalue weighted by Crippen LogP contribution is 2.52. The van der Waals surface area contributed by atoms with E-state index < -0.39 is 5.97 Å². The van der Waals surface area contributed by atoms with Crippen LogP contribution in [0.25, 0.3) is 0 Å². The van der Waals surface area contributed by atoms with Crippen molar-refractivity contribution in [1.29, 1.82) is 0 Å². The highest BCUT2D eigenvalue weighted by molar-refractivity contribution is 9.10. The molecule has 0 bridgehead atoms. The van der Waals surface area contributed by atoms with Gasteiger partial charge in [-0.1, -0.05) is 15.9 Å². The summed E-state index contributed by atoms with van der Waals surface area (Å²) in [6.45, 7) is 3.06. The van der Waals surface area contributed by atoms with E-state index in [0.29, 0.717) is 19.1 Å². The first-order valence-corrected chi connectivity index (χ1v) is 7.67. The zero-order chi connectivity index (χ0) is 14.3. The van der Waals surface area contributed by atoms with Gasteiger partial charge in [0.2, 0.25) is 0 Å². The van der Waals surface area contributed by atoms with Crippen LogP contribution in [0.4, 0.5) is 0 Å². The predicted octanol–water partition coefficient (Wildman–Crippen LogP) is 3.50. The average Bonchev–Trinajstić information content (AvgIpc) is 3.22. The summed E-state index contributed by atoms with van der Waals surface area (Å²) in [4.78, 5) is 11.2. The number of carbonyl (C=O) groups is 1. The molecule has 0 spiro atoms. The van der Waals surface area contributed by atoms with Gasteiger partial charge in [0, 0.05) is 16.0 Å². The van der Waals surface area contributed by atoms with E-state index in [4.69, 9.17) is 9.47 Å². The smallest absolute Gasteiger partial charge is 0.303 e. The molecule has 0 radical (unpaired) electrons. The Labute approximate surface area is 126 Å². The molecule has 1 aliphatic heterocycles. The number of carboxylic acid groups (broad SMARTS) is 1. The molecule has 0 amide bonds. The van der Waals surface area contributed by atoms with Crippen LogP contribution in [-0.4, -0.2) is 24.3 Å². The monoisotopic (exact) mass is 340 g/mol. The van der Waals surface area contributed by atoms with E-state index in [-0.39, 0.29) is 12.3 Å². The molecule has 20 heavy (non-hydrogen) atoms. The Morgan fingerprint density at radius 2 is 2.15 bits per heavy atom. The maximum absolute atomic E-state index is 11.2. The molecular weight excluding hydrogens is 324 g/mol. The maximum Gasteiger partial charge on any atom is 0.303 e. The number of halogens is 1. The van der Waals surface area contributed by atoms with Crippen LogP contribution in [0.1, 0.15) is 36.3 Å². The Balaban J connectivity index is 2.09. The largest absolute Gasteiger partial charge is 0.486 e. The first-order chi connectivity index (χ1) is 9.58. The molecule has 1 unspecified atom stereocenters. The van der Waals surface area contributed by atoms with Gasteiger partial charge in [0.25, 0.3) is 0 Å². The zero-order valence-corrected chi connectivity index (χ0v) is 12.9. The Kier molecular flexibility index (Phi) is 3.63. The number of benzene rings is 1. The summed E-state index contributed by atoms with van der Waals surface area (Å²) in [5, 5.41) is 9.20. The van der Waals surface area contributed by atoms with Crippen molar-refractivity contribution in [3.05, 3.63) is 21.7 Å². The van der Waals surface area contributed by atoms with Gasteiger partial charge in [-0.3, -0.25) is 4.79 Å². The van der Waals surface area contributed by atoms with Crippen LogP contribution in [-0.2, 0) is 4.79 Å². The molecular formula is C15H17BrO4. The summed E-state index contributed by atoms with van der Waals surface area (Å²) in [5.41, 5.74) is 2.08. The summed E-state index contributed by atoms with van der Waals surface area (Å²) in [7, 11) is 0. The molecule has 1 aliphatic carbocycles. The van der Waals surface area contributed by atoms with E-state index in [1.807, 2.05) is 13.0 Å². The summed E-state index contributed by atoms with van der Waals surface area (Å²) in [6, 6.07) is 1.91. The third-order valence-corrected chi connectivity index (χ3v) is 4.86. The number of carboxylic acids is 1. The van der Waals surface area contributed by atoms with Gasteiger partial charge in [-0.2, -0.15) is 0 Å². The lowest BCUT2D eigenvalue weighted by Crippen LogP contribution is -2.19. The minimum absolute atomic E-state index is 0.0143. The van der Waals surface area contributed by atoms with Crippen LogP contribution in [0.15, 0.2) is 10.5 Å². The normalized spacial score (nSPS) is 18.7. The number of rotatable bonds is 4. The lowest BCUT2D eigenvalue weighted by Gasteiger charge is -2.27. The third-order valence-electron chi connectivity index (χ3n) is 4.03. The molecule has 3 rings (SSSR count). The fraction of sp³-hybridized carbons (Fsp3) is 0.533. The summed E-state index contributed by atoms with van der Waals surface area (Å²) in [6.07, 6.45) is 2.34. The first-order valence-electron chi connectivity index (χ1n) is 6.88. The maximum atomic E-state index is 11.2. The molecule has 5 heteroatoms. The first kappa shape index (κ1) is 13.7. The van der Waals surface area contributed by atoms with Gasteiger partial charge in [-0.25, -0.2) is 0 Å². The lowest BCUT2D eigenvalue weighted by molar-refractivity contribution is -0.137. The predicted molar refractivity (Wildman–Crippen MR) is 77.6 cm³/mol. The molecule has 0 aromatic heterocycles. The Bertz CT molecular complexity index is 551. The molecule has 1 aromatic carbocycles. The Hall–Kier alpha value is -1.23. The third kappa shape index (κ3) is 2.51. The minimum atomic E-state index is -0.758. The topological polar surface area (TPSA) is 55.8 Å². The van der Waals surface area contributed by atoms with Crippen molar-refractivity contribution in [3.8, 4) is 11.5 Å². The lowest BCUT2D eigenvalue weighted by atomic mass is 9.87. The Morgan fingerprint density at radius 3 is 2.80 bits per heavy atom. The van der Waals surface area contributed by atoms with E-state index in [9.17, 15) is 9.90 Å². The van der Waals surface area contributed by atoms with Crippen LogP contribution < -0.4 is 9.47 Å². The molecule has 0 saturated heterocycles. The van der Waals surface area contributed by atoms with Crippen LogP contribution >= 0.6 is 15.9 Å². The quantitative estimate of drug-likeness (QED) is 0.911. The molecule has 1 N–H and O–H groups in total. The SMILES string of the molecule is Cc1c(Br)cc2c(c1C(CC(=O)O)C1CC1)OCCO2. The van der Waals surface area contributed by atoms with Crippen molar-refractivity contribution in [2.75, 3.05) is 13.2 Å². The second-order valence-corrected chi connectivity index (χ2v) is 6.32. The number of ether oxygens (including phenoxy) is 2. The van der Waals surface area contributed by atoms with Gasteiger partial charge in [0.15, 0.2) is 11.5 Å². The van der Waals surface area contributed by atoms with Crippen molar-refractivity contribution in [2.45, 2.75) is 32.1 Å². The van der Waals surface area contributed by atoms with Gasteiger partial charge in [0.05, 0.1) is 6.42 Å². The van der Waals surface area contributed by atoms with Gasteiger partial charge in [-0.05, 0) is 37.3 Å². The second-order valence-electron chi connectivity index (χ2n) is 5.46. The van der Waals surface area contributed by atoms with Gasteiger partial charge in [0.1, 0.15) is 13.2 Å². The van der Waals surface area contributed by atoms with Gasteiger partial charge >= 0.3 is 5.97 Å². The minimum Gasteiger partial charge on any atom is -0.486 e. The highest BCUT2D eigenvalue weighted by atomic mass is 79.9. The molecule has 1 aromatic rings. The highest BCUT2D eigenvalue weighted by Gasteiger charge is 2.38. The van der Waals surface area contributed by atoms with Crippen molar-refractivity contribution >= 4 is 21.9 Å².